The molecule has 1 N–H and O–H groups in total. The van der Waals surface area contributed by atoms with Crippen LogP contribution in [0.25, 0.3) is 10.9 Å². The molecule has 0 saturated carbocycles. The topological polar surface area (TPSA) is 82.5 Å². The van der Waals surface area contributed by atoms with Crippen LogP contribution in [0.1, 0.15) is 41.9 Å². The largest absolute Gasteiger partial charge is 0.495 e. The molecule has 0 unspecified atom stereocenters. The Morgan fingerprint density at radius 1 is 1.06 bits per heavy atom. The Hall–Kier alpha value is -3.06. The molecule has 1 aliphatic rings. The summed E-state index contributed by atoms with van der Waals surface area (Å²) in [6.45, 7) is 0.692. The third-order valence-corrected chi connectivity index (χ3v) is 5.85. The Morgan fingerprint density at radius 3 is 2.61 bits per heavy atom. The van der Waals surface area contributed by atoms with Gasteiger partial charge in [0.05, 0.1) is 35.8 Å². The maximum atomic E-state index is 13.0. The molecule has 2 heterocycles. The minimum atomic E-state index is -0.352. The van der Waals surface area contributed by atoms with Gasteiger partial charge in [-0.25, -0.2) is 4.98 Å². The van der Waals surface area contributed by atoms with E-state index in [4.69, 9.17) is 26.1 Å². The van der Waals surface area contributed by atoms with Gasteiger partial charge in [0.25, 0.3) is 11.5 Å². The number of fused-ring (bicyclic) bond motifs is 2. The van der Waals surface area contributed by atoms with Gasteiger partial charge in [0.1, 0.15) is 17.3 Å². The summed E-state index contributed by atoms with van der Waals surface area (Å²) >= 11 is 6.20. The molecule has 0 fully saturated rings. The number of hydrogen-bond acceptors (Lipinski definition) is 5. The minimum absolute atomic E-state index is 0.0440. The van der Waals surface area contributed by atoms with E-state index >= 15 is 0 Å². The number of aryl methyl sites for hydroxylation is 1. The van der Waals surface area contributed by atoms with Crippen molar-refractivity contribution in [2.45, 2.75) is 38.6 Å². The molecular weight excluding hydrogens is 418 g/mol. The molecule has 2 aromatic carbocycles. The Labute approximate surface area is 185 Å². The average molecular weight is 442 g/mol. The van der Waals surface area contributed by atoms with E-state index in [0.29, 0.717) is 45.2 Å². The summed E-state index contributed by atoms with van der Waals surface area (Å²) in [5.74, 6) is 1.31. The molecule has 0 saturated heterocycles. The highest BCUT2D eigenvalue weighted by Crippen LogP contribution is 2.36. The molecule has 7 nitrogen and oxygen atoms in total. The van der Waals surface area contributed by atoms with Crippen molar-refractivity contribution in [1.29, 1.82) is 0 Å². The van der Waals surface area contributed by atoms with Gasteiger partial charge in [0.15, 0.2) is 0 Å². The number of halogens is 1. The molecule has 0 atom stereocenters. The molecule has 0 bridgehead atoms. The monoisotopic (exact) mass is 441 g/mol. The van der Waals surface area contributed by atoms with Crippen LogP contribution in [-0.2, 0) is 13.0 Å². The zero-order valence-electron chi connectivity index (χ0n) is 17.5. The van der Waals surface area contributed by atoms with Gasteiger partial charge < -0.3 is 14.8 Å². The van der Waals surface area contributed by atoms with E-state index in [2.05, 4.69) is 5.32 Å². The SMILES string of the molecule is COc1cc(OC)c(NC(=O)c2ccc3c(=O)n4c(nc3c2)CCCCCC4)cc1Cl. The first-order valence-electron chi connectivity index (χ1n) is 10.3. The number of hydrogen-bond donors (Lipinski definition) is 1. The van der Waals surface area contributed by atoms with Gasteiger partial charge in [0, 0.05) is 24.6 Å². The summed E-state index contributed by atoms with van der Waals surface area (Å²) in [4.78, 5) is 30.6. The Bertz CT molecular complexity index is 1210. The molecule has 31 heavy (non-hydrogen) atoms. The van der Waals surface area contributed by atoms with E-state index in [0.717, 1.165) is 37.9 Å². The minimum Gasteiger partial charge on any atom is -0.495 e. The zero-order chi connectivity index (χ0) is 22.0. The van der Waals surface area contributed by atoms with E-state index in [1.54, 1.807) is 34.9 Å². The van der Waals surface area contributed by atoms with Crippen molar-refractivity contribution in [2.75, 3.05) is 19.5 Å². The molecule has 1 aromatic heterocycles. The van der Waals surface area contributed by atoms with Crippen molar-refractivity contribution >= 4 is 34.1 Å². The van der Waals surface area contributed by atoms with Crippen molar-refractivity contribution in [2.24, 2.45) is 0 Å². The highest BCUT2D eigenvalue weighted by atomic mass is 35.5. The molecule has 162 valence electrons. The third kappa shape index (κ3) is 4.23. The first-order chi connectivity index (χ1) is 15.0. The number of aromatic nitrogens is 2. The van der Waals surface area contributed by atoms with E-state index in [1.807, 2.05) is 0 Å². The predicted molar refractivity (Wildman–Crippen MR) is 121 cm³/mol. The van der Waals surface area contributed by atoms with E-state index in [-0.39, 0.29) is 11.5 Å². The van der Waals surface area contributed by atoms with Gasteiger partial charge >= 0.3 is 0 Å². The number of amides is 1. The van der Waals surface area contributed by atoms with Gasteiger partial charge in [-0.05, 0) is 37.1 Å². The summed E-state index contributed by atoms with van der Waals surface area (Å²) < 4.78 is 12.3. The molecule has 0 radical (unpaired) electrons. The summed E-state index contributed by atoms with van der Waals surface area (Å²) in [7, 11) is 3.01. The number of carbonyl (C=O) groups excluding carboxylic acids is 1. The van der Waals surface area contributed by atoms with Crippen molar-refractivity contribution < 1.29 is 14.3 Å². The molecule has 1 amide bonds. The Balaban J connectivity index is 1.69. The number of anilines is 1. The highest BCUT2D eigenvalue weighted by Gasteiger charge is 2.17. The predicted octanol–water partition coefficient (Wildman–Crippen LogP) is 4.44. The van der Waals surface area contributed by atoms with Crippen LogP contribution in [-0.4, -0.2) is 29.7 Å². The van der Waals surface area contributed by atoms with E-state index in [1.165, 1.54) is 14.2 Å². The van der Waals surface area contributed by atoms with Crippen molar-refractivity contribution in [3.05, 3.63) is 57.1 Å². The van der Waals surface area contributed by atoms with Crippen LogP contribution >= 0.6 is 11.6 Å². The van der Waals surface area contributed by atoms with Crippen molar-refractivity contribution in [1.82, 2.24) is 9.55 Å². The number of ether oxygens (including phenoxy) is 2. The smallest absolute Gasteiger partial charge is 0.261 e. The maximum Gasteiger partial charge on any atom is 0.261 e. The average Bonchev–Trinajstić information content (AvgIpc) is 2.75. The quantitative estimate of drug-likeness (QED) is 0.647. The first kappa shape index (κ1) is 21.2. The lowest BCUT2D eigenvalue weighted by Crippen LogP contribution is -2.26. The summed E-state index contributed by atoms with van der Waals surface area (Å²) in [6, 6.07) is 8.14. The molecular formula is C23H24ClN3O4. The van der Waals surface area contributed by atoms with Crippen LogP contribution in [0.4, 0.5) is 5.69 Å². The molecule has 0 aliphatic carbocycles. The molecule has 4 rings (SSSR count). The van der Waals surface area contributed by atoms with Crippen LogP contribution < -0.4 is 20.3 Å². The molecule has 8 heteroatoms. The second kappa shape index (κ2) is 8.98. The van der Waals surface area contributed by atoms with Gasteiger partial charge in [-0.3, -0.25) is 14.2 Å². The molecule has 1 aliphatic heterocycles. The normalized spacial score (nSPS) is 13.8. The second-order valence-electron chi connectivity index (χ2n) is 7.52. The van der Waals surface area contributed by atoms with Crippen LogP contribution in [0, 0.1) is 0 Å². The summed E-state index contributed by atoms with van der Waals surface area (Å²) in [6.07, 6.45) is 5.02. The van der Waals surface area contributed by atoms with Crippen LogP contribution in [0.5, 0.6) is 11.5 Å². The standard InChI is InChI=1S/C23H24ClN3O4/c1-30-19-13-20(31-2)18(12-16(19)24)26-22(28)14-8-9-15-17(11-14)25-21-7-5-3-4-6-10-27(21)23(15)29/h8-9,11-13H,3-7,10H2,1-2H3,(H,26,28). The molecule has 0 spiro atoms. The molecule has 3 aromatic rings. The fourth-order valence-corrected chi connectivity index (χ4v) is 4.13. The second-order valence-corrected chi connectivity index (χ2v) is 7.93. The van der Waals surface area contributed by atoms with Gasteiger partial charge in [-0.1, -0.05) is 24.4 Å². The fraction of sp³-hybridized carbons (Fsp3) is 0.348. The third-order valence-electron chi connectivity index (χ3n) is 5.55. The first-order valence-corrected chi connectivity index (χ1v) is 10.7. The number of nitrogens with one attached hydrogen (secondary N) is 1. The Morgan fingerprint density at radius 2 is 1.84 bits per heavy atom. The lowest BCUT2D eigenvalue weighted by Gasteiger charge is -2.16. The van der Waals surface area contributed by atoms with Crippen LogP contribution in [0.2, 0.25) is 5.02 Å². The van der Waals surface area contributed by atoms with Gasteiger partial charge in [-0.2, -0.15) is 0 Å². The van der Waals surface area contributed by atoms with Gasteiger partial charge in [-0.15, -0.1) is 0 Å². The Kier molecular flexibility index (Phi) is 6.13. The zero-order valence-corrected chi connectivity index (χ0v) is 18.3. The number of benzene rings is 2. The maximum absolute atomic E-state index is 13.0. The number of carbonyl (C=O) groups is 1. The van der Waals surface area contributed by atoms with Crippen LogP contribution in [0.15, 0.2) is 35.1 Å². The number of methoxy groups -OCH3 is 2. The number of rotatable bonds is 4. The summed E-state index contributed by atoms with van der Waals surface area (Å²) in [5.41, 5.74) is 1.30. The fourth-order valence-electron chi connectivity index (χ4n) is 3.89. The van der Waals surface area contributed by atoms with E-state index < -0.39 is 0 Å². The van der Waals surface area contributed by atoms with Crippen molar-refractivity contribution in [3.63, 3.8) is 0 Å². The van der Waals surface area contributed by atoms with Crippen molar-refractivity contribution in [3.8, 4) is 11.5 Å². The van der Waals surface area contributed by atoms with Gasteiger partial charge in [0.2, 0.25) is 0 Å². The van der Waals surface area contributed by atoms with E-state index in [9.17, 15) is 9.59 Å². The lowest BCUT2D eigenvalue weighted by molar-refractivity contribution is 0.102. The summed E-state index contributed by atoms with van der Waals surface area (Å²) in [5, 5.41) is 3.69. The lowest BCUT2D eigenvalue weighted by atomic mass is 10.1. The van der Waals surface area contributed by atoms with Crippen LogP contribution in [0.3, 0.4) is 0 Å². The highest BCUT2D eigenvalue weighted by molar-refractivity contribution is 6.32. The number of nitrogens with zero attached hydrogens (tertiary/aromatic N) is 2.